The molecule has 0 spiro atoms. The third kappa shape index (κ3) is 3.44. The fourth-order valence-electron chi connectivity index (χ4n) is 2.10. The van der Waals surface area contributed by atoms with Crippen LogP contribution in [0.25, 0.3) is 0 Å². The Balaban J connectivity index is 2.19. The van der Waals surface area contributed by atoms with Gasteiger partial charge in [-0.25, -0.2) is 4.39 Å². The highest BCUT2D eigenvalue weighted by molar-refractivity contribution is 6.01. The summed E-state index contributed by atoms with van der Waals surface area (Å²) in [7, 11) is 0. The molecule has 0 aliphatic carbocycles. The minimum Gasteiger partial charge on any atom is -0.380 e. The van der Waals surface area contributed by atoms with E-state index in [0.29, 0.717) is 25.1 Å². The van der Waals surface area contributed by atoms with Crippen molar-refractivity contribution in [1.29, 1.82) is 0 Å². The molecule has 20 heavy (non-hydrogen) atoms. The van der Waals surface area contributed by atoms with E-state index >= 15 is 0 Å². The van der Waals surface area contributed by atoms with Gasteiger partial charge in [-0.3, -0.25) is 4.79 Å². The molecule has 2 nitrogen and oxygen atoms in total. The molecule has 2 aromatic rings. The number of carbonyl (C=O) groups is 1. The molecule has 3 heteroatoms. The van der Waals surface area contributed by atoms with Crippen LogP contribution in [0.4, 0.5) is 10.1 Å². The molecule has 1 N–H and O–H groups in total. The Kier molecular flexibility index (Phi) is 4.88. The van der Waals surface area contributed by atoms with Gasteiger partial charge in [0.05, 0.1) is 5.56 Å². The van der Waals surface area contributed by atoms with Crippen LogP contribution in [-0.4, -0.2) is 5.78 Å². The van der Waals surface area contributed by atoms with Crippen LogP contribution in [0.5, 0.6) is 0 Å². The zero-order valence-electron chi connectivity index (χ0n) is 11.5. The van der Waals surface area contributed by atoms with E-state index in [1.54, 1.807) is 12.1 Å². The average Bonchev–Trinajstić information content (AvgIpc) is 2.46. The number of carbonyl (C=O) groups excluding carboxylic acids is 1. The summed E-state index contributed by atoms with van der Waals surface area (Å²) in [4.78, 5) is 12.0. The molecule has 2 aromatic carbocycles. The van der Waals surface area contributed by atoms with Crippen molar-refractivity contribution in [1.82, 2.24) is 0 Å². The SMILES string of the molecule is CCCC(=O)c1c(F)cccc1NCc1ccccc1. The second-order valence-electron chi connectivity index (χ2n) is 4.67. The Morgan fingerprint density at radius 1 is 1.10 bits per heavy atom. The number of ketones is 1. The van der Waals surface area contributed by atoms with Gasteiger partial charge in [-0.1, -0.05) is 43.3 Å². The van der Waals surface area contributed by atoms with Crippen LogP contribution in [0.2, 0.25) is 0 Å². The lowest BCUT2D eigenvalue weighted by atomic mass is 10.0. The molecule has 104 valence electrons. The first-order valence-corrected chi connectivity index (χ1v) is 6.82. The zero-order valence-corrected chi connectivity index (χ0v) is 11.5. The average molecular weight is 271 g/mol. The highest BCUT2D eigenvalue weighted by Crippen LogP contribution is 2.22. The third-order valence-electron chi connectivity index (χ3n) is 3.10. The van der Waals surface area contributed by atoms with Gasteiger partial charge in [-0.2, -0.15) is 0 Å². The van der Waals surface area contributed by atoms with Gasteiger partial charge in [0.1, 0.15) is 5.82 Å². The minimum atomic E-state index is -0.457. The van der Waals surface area contributed by atoms with E-state index in [0.717, 1.165) is 5.56 Å². The first-order valence-electron chi connectivity index (χ1n) is 6.82. The molecule has 0 aromatic heterocycles. The molecule has 0 bridgehead atoms. The topological polar surface area (TPSA) is 29.1 Å². The van der Waals surface area contributed by atoms with Crippen molar-refractivity contribution in [3.63, 3.8) is 0 Å². The van der Waals surface area contributed by atoms with E-state index in [9.17, 15) is 9.18 Å². The largest absolute Gasteiger partial charge is 0.380 e. The highest BCUT2D eigenvalue weighted by Gasteiger charge is 2.15. The molecule has 0 heterocycles. The van der Waals surface area contributed by atoms with Gasteiger partial charge in [0.15, 0.2) is 5.78 Å². The molecule has 0 radical (unpaired) electrons. The van der Waals surface area contributed by atoms with Crippen molar-refractivity contribution in [2.75, 3.05) is 5.32 Å². The molecular formula is C17H18FNO. The third-order valence-corrected chi connectivity index (χ3v) is 3.10. The summed E-state index contributed by atoms with van der Waals surface area (Å²) in [6, 6.07) is 14.5. The molecule has 0 fully saturated rings. The monoisotopic (exact) mass is 271 g/mol. The van der Waals surface area contributed by atoms with Gasteiger partial charge in [0.2, 0.25) is 0 Å². The van der Waals surface area contributed by atoms with Gasteiger partial charge in [-0.05, 0) is 24.1 Å². The molecule has 0 saturated carbocycles. The number of hydrogen-bond acceptors (Lipinski definition) is 2. The van der Waals surface area contributed by atoms with Crippen molar-refractivity contribution in [2.45, 2.75) is 26.3 Å². The van der Waals surface area contributed by atoms with Crippen LogP contribution < -0.4 is 5.32 Å². The van der Waals surface area contributed by atoms with E-state index in [2.05, 4.69) is 5.32 Å². The fourth-order valence-corrected chi connectivity index (χ4v) is 2.10. The van der Waals surface area contributed by atoms with Crippen molar-refractivity contribution in [3.8, 4) is 0 Å². The summed E-state index contributed by atoms with van der Waals surface area (Å²) in [5.41, 5.74) is 1.82. The van der Waals surface area contributed by atoms with E-state index in [1.165, 1.54) is 6.07 Å². The van der Waals surface area contributed by atoms with Crippen molar-refractivity contribution in [3.05, 3.63) is 65.5 Å². The Labute approximate surface area is 118 Å². The maximum atomic E-state index is 13.9. The Morgan fingerprint density at radius 2 is 1.85 bits per heavy atom. The van der Waals surface area contributed by atoms with Crippen LogP contribution in [0, 0.1) is 5.82 Å². The van der Waals surface area contributed by atoms with Crippen molar-refractivity contribution >= 4 is 11.5 Å². The van der Waals surface area contributed by atoms with Crippen molar-refractivity contribution in [2.24, 2.45) is 0 Å². The van der Waals surface area contributed by atoms with Gasteiger partial charge < -0.3 is 5.32 Å². The van der Waals surface area contributed by atoms with Gasteiger partial charge in [0.25, 0.3) is 0 Å². The maximum Gasteiger partial charge on any atom is 0.167 e. The summed E-state index contributed by atoms with van der Waals surface area (Å²) in [5, 5.41) is 3.15. The number of nitrogens with one attached hydrogen (secondary N) is 1. The summed E-state index contributed by atoms with van der Waals surface area (Å²) >= 11 is 0. The smallest absolute Gasteiger partial charge is 0.167 e. The Morgan fingerprint density at radius 3 is 2.55 bits per heavy atom. The minimum absolute atomic E-state index is 0.152. The molecule has 0 unspecified atom stereocenters. The number of anilines is 1. The summed E-state index contributed by atoms with van der Waals surface area (Å²) in [5.74, 6) is -0.609. The second kappa shape index (κ2) is 6.85. The Bertz CT molecular complexity index is 581. The summed E-state index contributed by atoms with van der Waals surface area (Å²) in [6.07, 6.45) is 1.08. The number of Topliss-reactive ketones (excluding diaryl/α,β-unsaturated/α-hetero) is 1. The van der Waals surface area contributed by atoms with E-state index in [4.69, 9.17) is 0 Å². The summed E-state index contributed by atoms with van der Waals surface area (Å²) < 4.78 is 13.9. The first kappa shape index (κ1) is 14.3. The van der Waals surface area contributed by atoms with E-state index < -0.39 is 5.82 Å². The predicted octanol–water partition coefficient (Wildman–Crippen LogP) is 4.42. The fraction of sp³-hybridized carbons (Fsp3) is 0.235. The quantitative estimate of drug-likeness (QED) is 0.788. The number of hydrogen-bond donors (Lipinski definition) is 1. The van der Waals surface area contributed by atoms with Crippen molar-refractivity contribution < 1.29 is 9.18 Å². The lowest BCUT2D eigenvalue weighted by Crippen LogP contribution is -2.09. The number of halogens is 1. The predicted molar refractivity (Wildman–Crippen MR) is 79.4 cm³/mol. The first-order chi connectivity index (χ1) is 9.72. The van der Waals surface area contributed by atoms with E-state index in [1.807, 2.05) is 37.3 Å². The maximum absolute atomic E-state index is 13.9. The van der Waals surface area contributed by atoms with Gasteiger partial charge in [0, 0.05) is 18.7 Å². The van der Waals surface area contributed by atoms with Crippen LogP contribution in [0.1, 0.15) is 35.7 Å². The molecule has 0 atom stereocenters. The molecule has 0 aliphatic heterocycles. The molecule has 0 saturated heterocycles. The van der Waals surface area contributed by atoms with Crippen LogP contribution in [0.3, 0.4) is 0 Å². The second-order valence-corrected chi connectivity index (χ2v) is 4.67. The molecular weight excluding hydrogens is 253 g/mol. The normalized spacial score (nSPS) is 10.3. The number of benzene rings is 2. The summed E-state index contributed by atoms with van der Waals surface area (Å²) in [6.45, 7) is 2.48. The standard InChI is InChI=1S/C17H18FNO/c1-2-7-16(20)17-14(18)10-6-11-15(17)19-12-13-8-4-3-5-9-13/h3-6,8-11,19H,2,7,12H2,1H3. The van der Waals surface area contributed by atoms with Gasteiger partial charge in [-0.15, -0.1) is 0 Å². The van der Waals surface area contributed by atoms with Crippen LogP contribution >= 0.6 is 0 Å². The number of rotatable bonds is 6. The lowest BCUT2D eigenvalue weighted by Gasteiger charge is -2.12. The van der Waals surface area contributed by atoms with Crippen LogP contribution in [0.15, 0.2) is 48.5 Å². The Hall–Kier alpha value is -2.16. The van der Waals surface area contributed by atoms with E-state index in [-0.39, 0.29) is 11.3 Å². The lowest BCUT2D eigenvalue weighted by molar-refractivity contribution is 0.0978. The highest BCUT2D eigenvalue weighted by atomic mass is 19.1. The van der Waals surface area contributed by atoms with Crippen LogP contribution in [-0.2, 0) is 6.54 Å². The molecule has 0 aliphatic rings. The van der Waals surface area contributed by atoms with Gasteiger partial charge >= 0.3 is 0 Å². The molecule has 0 amide bonds. The molecule has 2 rings (SSSR count). The zero-order chi connectivity index (χ0) is 14.4.